The molecule has 4 rings (SSSR count). The Kier molecular flexibility index (Phi) is 6.73. The van der Waals surface area contributed by atoms with Crippen LogP contribution < -0.4 is 11.1 Å². The molecule has 2 amide bonds. The Morgan fingerprint density at radius 1 is 1.22 bits per heavy atom. The lowest BCUT2D eigenvalue weighted by atomic mass is 10.0. The molecule has 4 heterocycles. The molecular weight excluding hydrogens is 510 g/mol. The number of rotatable bonds is 8. The van der Waals surface area contributed by atoms with E-state index in [0.717, 1.165) is 11.3 Å². The molecule has 4 aromatic rings. The van der Waals surface area contributed by atoms with E-state index in [1.807, 2.05) is 0 Å². The van der Waals surface area contributed by atoms with E-state index in [4.69, 9.17) is 5.73 Å². The third-order valence-electron chi connectivity index (χ3n) is 5.77. The van der Waals surface area contributed by atoms with Crippen molar-refractivity contribution in [2.45, 2.75) is 40.2 Å². The van der Waals surface area contributed by atoms with Gasteiger partial charge in [-0.1, -0.05) is 0 Å². The van der Waals surface area contributed by atoms with Gasteiger partial charge in [-0.3, -0.25) is 29.1 Å². The number of carbonyl (C=O) groups excluding carboxylic acids is 2. The number of fused-ring (bicyclic) bond motifs is 1. The van der Waals surface area contributed by atoms with Gasteiger partial charge in [0.2, 0.25) is 5.91 Å². The fourth-order valence-electron chi connectivity index (χ4n) is 4.18. The molecule has 0 aliphatic rings. The van der Waals surface area contributed by atoms with Crippen molar-refractivity contribution >= 4 is 44.7 Å². The zero-order valence-corrected chi connectivity index (χ0v) is 21.0. The molecule has 0 fully saturated rings. The number of nitro groups is 1. The van der Waals surface area contributed by atoms with Crippen molar-refractivity contribution in [3.8, 4) is 11.1 Å². The van der Waals surface area contributed by atoms with Gasteiger partial charge in [-0.2, -0.15) is 10.2 Å². The topological polar surface area (TPSA) is 164 Å². The van der Waals surface area contributed by atoms with Crippen LogP contribution in [0.3, 0.4) is 0 Å². The summed E-state index contributed by atoms with van der Waals surface area (Å²) in [5.74, 6) is -1.40. The fourth-order valence-corrected chi connectivity index (χ4v) is 5.19. The average molecular weight is 533 g/mol. The summed E-state index contributed by atoms with van der Waals surface area (Å²) in [5, 5.41) is 22.6. The second-order valence-electron chi connectivity index (χ2n) is 8.35. The molecule has 194 valence electrons. The van der Waals surface area contributed by atoms with Crippen LogP contribution >= 0.6 is 11.3 Å². The maximum absolute atomic E-state index is 13.7. The highest BCUT2D eigenvalue weighted by atomic mass is 32.1. The molecule has 0 spiro atoms. The zero-order chi connectivity index (χ0) is 27.2. The highest BCUT2D eigenvalue weighted by Crippen LogP contribution is 2.43. The lowest BCUT2D eigenvalue weighted by molar-refractivity contribution is -0.386. The number of hydrogen-bond acceptors (Lipinski definition) is 8. The lowest BCUT2D eigenvalue weighted by Gasteiger charge is -2.11. The number of aromatic nitrogens is 5. The van der Waals surface area contributed by atoms with E-state index in [2.05, 4.69) is 20.5 Å². The summed E-state index contributed by atoms with van der Waals surface area (Å²) in [7, 11) is 1.68. The molecule has 0 bridgehead atoms. The van der Waals surface area contributed by atoms with Gasteiger partial charge in [0.15, 0.2) is 0 Å². The Morgan fingerprint density at radius 3 is 2.46 bits per heavy atom. The van der Waals surface area contributed by atoms with Crippen LogP contribution in [0.15, 0.2) is 12.3 Å². The average Bonchev–Trinajstić information content (AvgIpc) is 3.43. The first-order chi connectivity index (χ1) is 17.4. The van der Waals surface area contributed by atoms with Crippen LogP contribution in [0.1, 0.15) is 45.3 Å². The molecule has 0 aliphatic heterocycles. The summed E-state index contributed by atoms with van der Waals surface area (Å²) in [6, 6.07) is 1.21. The first-order valence-corrected chi connectivity index (χ1v) is 11.7. The molecule has 0 atom stereocenters. The number of anilines is 1. The van der Waals surface area contributed by atoms with Crippen LogP contribution in [0, 0.1) is 30.9 Å². The number of halogens is 2. The number of amides is 2. The van der Waals surface area contributed by atoms with E-state index in [0.29, 0.717) is 22.5 Å². The third kappa shape index (κ3) is 4.76. The number of carbonyl (C=O) groups is 2. The smallest absolute Gasteiger partial charge is 0.312 e. The Bertz CT molecular complexity index is 1570. The second kappa shape index (κ2) is 9.65. The first-order valence-electron chi connectivity index (χ1n) is 10.9. The SMILES string of the molecule is Cc1nn(C)cc1-c1cc(C(F)F)nc2sc(C(N)=O)c(NC(=O)CCn3nc(C)c([N+](=O)[O-])c3C)c12. The van der Waals surface area contributed by atoms with Crippen LogP contribution in [0.5, 0.6) is 0 Å². The Hall–Kier alpha value is -4.27. The van der Waals surface area contributed by atoms with Gasteiger partial charge in [0.05, 0.1) is 22.8 Å². The highest BCUT2D eigenvalue weighted by molar-refractivity contribution is 7.21. The number of primary amides is 1. The Balaban J connectivity index is 1.76. The van der Waals surface area contributed by atoms with Crippen molar-refractivity contribution in [2.75, 3.05) is 5.32 Å². The molecule has 37 heavy (non-hydrogen) atoms. The molecule has 4 aromatic heterocycles. The third-order valence-corrected chi connectivity index (χ3v) is 6.87. The molecule has 3 N–H and O–H groups in total. The number of pyridine rings is 1. The number of thiophene rings is 1. The monoisotopic (exact) mass is 532 g/mol. The van der Waals surface area contributed by atoms with Gasteiger partial charge in [0.25, 0.3) is 12.3 Å². The normalized spacial score (nSPS) is 11.4. The summed E-state index contributed by atoms with van der Waals surface area (Å²) >= 11 is 0.799. The van der Waals surface area contributed by atoms with E-state index in [1.165, 1.54) is 29.3 Å². The minimum atomic E-state index is -2.87. The van der Waals surface area contributed by atoms with E-state index in [9.17, 15) is 28.5 Å². The maximum atomic E-state index is 13.7. The van der Waals surface area contributed by atoms with Gasteiger partial charge in [-0.05, 0) is 32.4 Å². The number of nitrogens with zero attached hydrogens (tertiary/aromatic N) is 6. The highest BCUT2D eigenvalue weighted by Gasteiger charge is 2.27. The number of hydrogen-bond donors (Lipinski definition) is 2. The minimum absolute atomic E-state index is 0.0304. The van der Waals surface area contributed by atoms with Crippen molar-refractivity contribution in [1.29, 1.82) is 0 Å². The predicted molar refractivity (Wildman–Crippen MR) is 132 cm³/mol. The molecule has 12 nitrogen and oxygen atoms in total. The van der Waals surface area contributed by atoms with Gasteiger partial charge in [-0.15, -0.1) is 11.3 Å². The zero-order valence-electron chi connectivity index (χ0n) is 20.2. The quantitative estimate of drug-likeness (QED) is 0.257. The minimum Gasteiger partial charge on any atom is -0.365 e. The van der Waals surface area contributed by atoms with Gasteiger partial charge < -0.3 is 11.1 Å². The summed E-state index contributed by atoms with van der Waals surface area (Å²) in [4.78, 5) is 40.0. The van der Waals surface area contributed by atoms with E-state index in [1.54, 1.807) is 20.2 Å². The number of nitrogens with two attached hydrogens (primary N) is 1. The molecular formula is C22H22F2N8O4S. The Labute approximate surface area is 212 Å². The molecule has 0 saturated carbocycles. The van der Waals surface area contributed by atoms with Crippen molar-refractivity contribution in [3.63, 3.8) is 0 Å². The number of alkyl halides is 2. The summed E-state index contributed by atoms with van der Waals surface area (Å²) < 4.78 is 30.2. The molecule has 0 saturated heterocycles. The summed E-state index contributed by atoms with van der Waals surface area (Å²) in [6.45, 7) is 4.77. The maximum Gasteiger partial charge on any atom is 0.312 e. The fraction of sp³-hybridized carbons (Fsp3) is 0.318. The van der Waals surface area contributed by atoms with E-state index < -0.39 is 28.9 Å². The molecule has 0 aliphatic carbocycles. The summed E-state index contributed by atoms with van der Waals surface area (Å²) in [6.07, 6.45) is -1.37. The number of aryl methyl sites for hydroxylation is 4. The lowest BCUT2D eigenvalue weighted by Crippen LogP contribution is -2.18. The van der Waals surface area contributed by atoms with Crippen LogP contribution in [-0.4, -0.2) is 41.3 Å². The van der Waals surface area contributed by atoms with E-state index >= 15 is 0 Å². The van der Waals surface area contributed by atoms with Crippen LogP contribution in [-0.2, 0) is 18.4 Å². The van der Waals surface area contributed by atoms with Crippen LogP contribution in [0.2, 0.25) is 0 Å². The van der Waals surface area contributed by atoms with Crippen molar-refractivity contribution in [2.24, 2.45) is 12.8 Å². The molecule has 0 radical (unpaired) electrons. The molecule has 0 unspecified atom stereocenters. The van der Waals surface area contributed by atoms with Gasteiger partial charge in [0.1, 0.15) is 26.8 Å². The Morgan fingerprint density at radius 2 is 1.92 bits per heavy atom. The van der Waals surface area contributed by atoms with Gasteiger partial charge in [-0.25, -0.2) is 13.8 Å². The van der Waals surface area contributed by atoms with Crippen molar-refractivity contribution in [1.82, 2.24) is 24.5 Å². The van der Waals surface area contributed by atoms with Gasteiger partial charge in [0, 0.05) is 30.6 Å². The summed E-state index contributed by atoms with van der Waals surface area (Å²) in [5.41, 5.74) is 6.91. The van der Waals surface area contributed by atoms with E-state index in [-0.39, 0.29) is 45.1 Å². The number of nitrogens with one attached hydrogen (secondary N) is 1. The molecule has 15 heteroatoms. The molecule has 0 aromatic carbocycles. The largest absolute Gasteiger partial charge is 0.365 e. The predicted octanol–water partition coefficient (Wildman–Crippen LogP) is 3.79. The van der Waals surface area contributed by atoms with Crippen molar-refractivity contribution in [3.05, 3.63) is 50.0 Å². The second-order valence-corrected chi connectivity index (χ2v) is 9.34. The first kappa shape index (κ1) is 25.8. The van der Waals surface area contributed by atoms with Crippen molar-refractivity contribution < 1.29 is 23.3 Å². The standard InChI is InChI=1S/C22H22F2N8O4S/c1-9-13(8-30(4)28-9)12-7-14(20(23)24)26-22-16(12)17(19(37-22)21(25)34)27-15(33)5-6-31-11(3)18(32(35)36)10(2)29-31/h7-8,20H,5-6H2,1-4H3,(H2,25,34)(H,27,33). The van der Waals surface area contributed by atoms with Crippen LogP contribution in [0.25, 0.3) is 21.3 Å². The van der Waals surface area contributed by atoms with Gasteiger partial charge >= 0.3 is 5.69 Å². The van der Waals surface area contributed by atoms with Crippen LogP contribution in [0.4, 0.5) is 20.2 Å².